The zero-order chi connectivity index (χ0) is 16.3. The van der Waals surface area contributed by atoms with Crippen molar-refractivity contribution in [1.82, 2.24) is 0 Å². The fourth-order valence-electron chi connectivity index (χ4n) is 1.78. The minimum Gasteiger partial charge on any atom is -0.324 e. The van der Waals surface area contributed by atoms with E-state index in [4.69, 9.17) is 11.0 Å². The van der Waals surface area contributed by atoms with E-state index in [-0.39, 0.29) is 5.69 Å². The Morgan fingerprint density at radius 2 is 1.90 bits per heavy atom. The van der Waals surface area contributed by atoms with Gasteiger partial charge in [0.1, 0.15) is 0 Å². The van der Waals surface area contributed by atoms with Gasteiger partial charge in [0.2, 0.25) is 5.91 Å². The first-order chi connectivity index (χ1) is 9.67. The van der Waals surface area contributed by atoms with Gasteiger partial charge in [-0.1, -0.05) is 13.8 Å². The number of nitrogens with one attached hydrogen (secondary N) is 1. The molecule has 0 aromatic heterocycles. The fourth-order valence-corrected chi connectivity index (χ4v) is 1.78. The van der Waals surface area contributed by atoms with Crippen molar-refractivity contribution >= 4 is 11.6 Å². The third-order valence-electron chi connectivity index (χ3n) is 3.42. The van der Waals surface area contributed by atoms with Crippen LogP contribution in [-0.4, -0.2) is 11.4 Å². The maximum atomic E-state index is 12.8. The summed E-state index contributed by atoms with van der Waals surface area (Å²) in [4.78, 5) is 12.0. The summed E-state index contributed by atoms with van der Waals surface area (Å²) in [6.45, 7) is 3.45. The third-order valence-corrected chi connectivity index (χ3v) is 3.42. The standard InChI is InChI=1S/C14H16F3N3O/c1-3-13(19,4-2)12(21)20-10-6-5-9(8-18)11(7-10)14(15,16)17/h5-7H,3-4,19H2,1-2H3,(H,20,21). The maximum absolute atomic E-state index is 12.8. The van der Waals surface area contributed by atoms with Crippen LogP contribution in [0.15, 0.2) is 18.2 Å². The predicted octanol–water partition coefficient (Wildman–Crippen LogP) is 3.03. The number of rotatable bonds is 4. The molecule has 1 rings (SSSR count). The Labute approximate surface area is 120 Å². The summed E-state index contributed by atoms with van der Waals surface area (Å²) in [6, 6.07) is 4.49. The number of hydrogen-bond acceptors (Lipinski definition) is 3. The van der Waals surface area contributed by atoms with Gasteiger partial charge >= 0.3 is 6.18 Å². The van der Waals surface area contributed by atoms with Gasteiger partial charge < -0.3 is 11.1 Å². The van der Waals surface area contributed by atoms with E-state index in [1.54, 1.807) is 13.8 Å². The topological polar surface area (TPSA) is 78.9 Å². The highest BCUT2D eigenvalue weighted by Gasteiger charge is 2.35. The molecule has 0 aliphatic rings. The lowest BCUT2D eigenvalue weighted by molar-refractivity contribution is -0.137. The van der Waals surface area contributed by atoms with Crippen molar-refractivity contribution in [2.75, 3.05) is 5.32 Å². The van der Waals surface area contributed by atoms with Crippen molar-refractivity contribution in [2.24, 2.45) is 5.73 Å². The van der Waals surface area contributed by atoms with Gasteiger partial charge in [-0.25, -0.2) is 0 Å². The molecule has 0 saturated carbocycles. The van der Waals surface area contributed by atoms with Crippen LogP contribution < -0.4 is 11.1 Å². The summed E-state index contributed by atoms with van der Waals surface area (Å²) in [6.07, 6.45) is -3.95. The number of amides is 1. The Morgan fingerprint density at radius 1 is 1.33 bits per heavy atom. The lowest BCUT2D eigenvalue weighted by atomic mass is 9.93. The molecule has 114 valence electrons. The number of nitriles is 1. The highest BCUT2D eigenvalue weighted by atomic mass is 19.4. The molecular weight excluding hydrogens is 283 g/mol. The largest absolute Gasteiger partial charge is 0.417 e. The summed E-state index contributed by atoms with van der Waals surface area (Å²) in [5, 5.41) is 11.1. The Kier molecular flexibility index (Phi) is 4.97. The molecular formula is C14H16F3N3O. The molecule has 0 radical (unpaired) electrons. The predicted molar refractivity (Wildman–Crippen MR) is 72.3 cm³/mol. The van der Waals surface area contributed by atoms with Crippen LogP contribution in [0, 0.1) is 11.3 Å². The normalized spacial score (nSPS) is 11.9. The SMILES string of the molecule is CCC(N)(CC)C(=O)Nc1ccc(C#N)c(C(F)(F)F)c1. The number of hydrogen-bond donors (Lipinski definition) is 2. The molecule has 1 amide bonds. The lowest BCUT2D eigenvalue weighted by Crippen LogP contribution is -2.50. The Hall–Kier alpha value is -2.07. The number of anilines is 1. The van der Waals surface area contributed by atoms with E-state index < -0.39 is 28.7 Å². The van der Waals surface area contributed by atoms with Crippen molar-refractivity contribution in [1.29, 1.82) is 5.26 Å². The van der Waals surface area contributed by atoms with Crippen LogP contribution in [0.2, 0.25) is 0 Å². The monoisotopic (exact) mass is 299 g/mol. The van der Waals surface area contributed by atoms with Gasteiger partial charge in [0, 0.05) is 5.69 Å². The van der Waals surface area contributed by atoms with E-state index in [9.17, 15) is 18.0 Å². The number of nitrogens with zero attached hydrogens (tertiary/aromatic N) is 1. The first-order valence-electron chi connectivity index (χ1n) is 6.39. The first-order valence-corrected chi connectivity index (χ1v) is 6.39. The molecule has 0 spiro atoms. The molecule has 0 heterocycles. The first kappa shape index (κ1) is 17.0. The number of alkyl halides is 3. The number of carbonyl (C=O) groups excluding carboxylic acids is 1. The maximum Gasteiger partial charge on any atom is 0.417 e. The van der Waals surface area contributed by atoms with E-state index in [2.05, 4.69) is 5.32 Å². The van der Waals surface area contributed by atoms with Gasteiger partial charge in [-0.05, 0) is 31.0 Å². The summed E-state index contributed by atoms with van der Waals surface area (Å²) in [5.74, 6) is -0.551. The van der Waals surface area contributed by atoms with Crippen LogP contribution >= 0.6 is 0 Å². The van der Waals surface area contributed by atoms with Crippen molar-refractivity contribution in [3.8, 4) is 6.07 Å². The second kappa shape index (κ2) is 6.14. The van der Waals surface area contributed by atoms with Crippen LogP contribution in [0.5, 0.6) is 0 Å². The number of nitrogens with two attached hydrogens (primary N) is 1. The average molecular weight is 299 g/mol. The second-order valence-corrected chi connectivity index (χ2v) is 4.69. The van der Waals surface area contributed by atoms with E-state index in [0.29, 0.717) is 12.8 Å². The minimum atomic E-state index is -4.67. The van der Waals surface area contributed by atoms with Gasteiger partial charge in [-0.2, -0.15) is 18.4 Å². The van der Waals surface area contributed by atoms with Crippen LogP contribution in [0.1, 0.15) is 37.8 Å². The van der Waals surface area contributed by atoms with Crippen molar-refractivity contribution in [3.05, 3.63) is 29.3 Å². The molecule has 0 fully saturated rings. The number of carbonyl (C=O) groups is 1. The number of benzene rings is 1. The molecule has 7 heteroatoms. The Bertz CT molecular complexity index is 572. The van der Waals surface area contributed by atoms with Gasteiger partial charge in [-0.15, -0.1) is 0 Å². The van der Waals surface area contributed by atoms with Gasteiger partial charge in [0.05, 0.1) is 22.7 Å². The van der Waals surface area contributed by atoms with Crippen LogP contribution in [-0.2, 0) is 11.0 Å². The summed E-state index contributed by atoms with van der Waals surface area (Å²) < 4.78 is 38.5. The van der Waals surface area contributed by atoms with Crippen LogP contribution in [0.4, 0.5) is 18.9 Å². The smallest absolute Gasteiger partial charge is 0.324 e. The zero-order valence-corrected chi connectivity index (χ0v) is 11.7. The van der Waals surface area contributed by atoms with E-state index >= 15 is 0 Å². The highest BCUT2D eigenvalue weighted by Crippen LogP contribution is 2.33. The molecule has 4 nitrogen and oxygen atoms in total. The minimum absolute atomic E-state index is 0.0388. The quantitative estimate of drug-likeness (QED) is 0.897. The molecule has 0 aliphatic heterocycles. The lowest BCUT2D eigenvalue weighted by Gasteiger charge is -2.25. The molecule has 21 heavy (non-hydrogen) atoms. The van der Waals surface area contributed by atoms with Crippen molar-refractivity contribution in [2.45, 2.75) is 38.4 Å². The summed E-state index contributed by atoms with van der Waals surface area (Å²) >= 11 is 0. The highest BCUT2D eigenvalue weighted by molar-refractivity contribution is 5.98. The Balaban J connectivity index is 3.12. The number of halogens is 3. The summed E-state index contributed by atoms with van der Waals surface area (Å²) in [7, 11) is 0. The van der Waals surface area contributed by atoms with Crippen molar-refractivity contribution in [3.63, 3.8) is 0 Å². The molecule has 0 saturated heterocycles. The molecule has 0 atom stereocenters. The molecule has 0 unspecified atom stereocenters. The van der Waals surface area contributed by atoms with E-state index in [0.717, 1.165) is 12.1 Å². The van der Waals surface area contributed by atoms with Crippen LogP contribution in [0.3, 0.4) is 0 Å². The van der Waals surface area contributed by atoms with E-state index in [1.165, 1.54) is 12.1 Å². The van der Waals surface area contributed by atoms with E-state index in [1.807, 2.05) is 0 Å². The second-order valence-electron chi connectivity index (χ2n) is 4.69. The molecule has 1 aromatic rings. The molecule has 3 N–H and O–H groups in total. The fraction of sp³-hybridized carbons (Fsp3) is 0.429. The summed E-state index contributed by atoms with van der Waals surface area (Å²) in [5.41, 5.74) is 3.13. The molecule has 0 bridgehead atoms. The molecule has 0 aliphatic carbocycles. The van der Waals surface area contributed by atoms with Crippen LogP contribution in [0.25, 0.3) is 0 Å². The Morgan fingerprint density at radius 3 is 2.33 bits per heavy atom. The van der Waals surface area contributed by atoms with Gasteiger partial charge in [-0.3, -0.25) is 4.79 Å². The average Bonchev–Trinajstić information content (AvgIpc) is 2.45. The zero-order valence-electron chi connectivity index (χ0n) is 11.7. The van der Waals surface area contributed by atoms with Gasteiger partial charge in [0.15, 0.2) is 0 Å². The van der Waals surface area contributed by atoms with Crippen molar-refractivity contribution < 1.29 is 18.0 Å². The third kappa shape index (κ3) is 3.73. The molecule has 1 aromatic carbocycles. The van der Waals surface area contributed by atoms with Gasteiger partial charge in [0.25, 0.3) is 0 Å².